The first kappa shape index (κ1) is 15.0. The summed E-state index contributed by atoms with van der Waals surface area (Å²) in [5.74, 6) is 0. The molecule has 0 N–H and O–H groups in total. The van der Waals surface area contributed by atoms with Crippen molar-refractivity contribution in [3.05, 3.63) is 28.7 Å². The molecule has 106 valence electrons. The van der Waals surface area contributed by atoms with E-state index in [-0.39, 0.29) is 18.0 Å². The Hall–Kier alpha value is -0.440. The zero-order chi connectivity index (χ0) is 14.3. The van der Waals surface area contributed by atoms with Gasteiger partial charge in [0.15, 0.2) is 9.84 Å². The Kier molecular flexibility index (Phi) is 4.06. The van der Waals surface area contributed by atoms with Gasteiger partial charge in [-0.3, -0.25) is 0 Å². The number of hydrogen-bond acceptors (Lipinski definition) is 4. The van der Waals surface area contributed by atoms with Crippen molar-refractivity contribution in [3.8, 4) is 0 Å². The number of rotatable bonds is 3. The Bertz CT molecular complexity index is 667. The maximum absolute atomic E-state index is 12.3. The van der Waals surface area contributed by atoms with Crippen molar-refractivity contribution in [1.29, 1.82) is 0 Å². The third-order valence-electron chi connectivity index (χ3n) is 3.16. The molecule has 19 heavy (non-hydrogen) atoms. The molecule has 1 aromatic carbocycles. The molecule has 1 saturated heterocycles. The van der Waals surface area contributed by atoms with E-state index in [9.17, 15) is 16.8 Å². The lowest BCUT2D eigenvalue weighted by atomic mass is 10.4. The van der Waals surface area contributed by atoms with Gasteiger partial charge in [-0.25, -0.2) is 16.8 Å². The molecule has 1 aromatic rings. The monoisotopic (exact) mass is 367 g/mol. The number of nitrogens with zero attached hydrogens (tertiary/aromatic N) is 1. The summed E-state index contributed by atoms with van der Waals surface area (Å²) in [6.45, 7) is 0.285. The minimum Gasteiger partial charge on any atom is -0.229 e. The average Bonchev–Trinajstić information content (AvgIpc) is 2.79. The fourth-order valence-electron chi connectivity index (χ4n) is 2.02. The van der Waals surface area contributed by atoms with E-state index in [1.807, 2.05) is 0 Å². The van der Waals surface area contributed by atoms with Crippen LogP contribution in [0.5, 0.6) is 0 Å². The average molecular weight is 368 g/mol. The number of hydrogen-bond donors (Lipinski definition) is 0. The van der Waals surface area contributed by atoms with Crippen LogP contribution < -0.4 is 0 Å². The van der Waals surface area contributed by atoms with E-state index in [1.54, 1.807) is 12.1 Å². The van der Waals surface area contributed by atoms with Crippen LogP contribution in [0, 0.1) is 0 Å². The summed E-state index contributed by atoms with van der Waals surface area (Å²) in [5.41, 5.74) is 0. The summed E-state index contributed by atoms with van der Waals surface area (Å²) in [7, 11) is -6.80. The highest BCUT2D eigenvalue weighted by Gasteiger charge is 2.36. The number of benzene rings is 1. The zero-order valence-corrected chi connectivity index (χ0v) is 13.5. The first-order valence-corrected chi connectivity index (χ1v) is 9.84. The fourth-order valence-corrected chi connectivity index (χ4v) is 4.86. The normalized spacial score (nSPS) is 21.7. The molecule has 0 saturated carbocycles. The lowest BCUT2D eigenvalue weighted by molar-refractivity contribution is 0.477. The molecular weight excluding hydrogens is 354 g/mol. The molecule has 1 unspecified atom stereocenters. The minimum atomic E-state index is -3.60. The summed E-state index contributed by atoms with van der Waals surface area (Å²) in [6, 6.07) is 6.31. The van der Waals surface area contributed by atoms with Crippen molar-refractivity contribution < 1.29 is 16.8 Å². The highest BCUT2D eigenvalue weighted by molar-refractivity contribution is 9.10. The van der Waals surface area contributed by atoms with Crippen molar-refractivity contribution in [2.45, 2.75) is 16.6 Å². The van der Waals surface area contributed by atoms with Crippen LogP contribution in [-0.4, -0.2) is 45.7 Å². The van der Waals surface area contributed by atoms with E-state index < -0.39 is 25.1 Å². The van der Waals surface area contributed by atoms with Gasteiger partial charge in [0.2, 0.25) is 10.0 Å². The lowest BCUT2D eigenvalue weighted by Crippen LogP contribution is -2.31. The molecule has 2 rings (SSSR count). The molecule has 1 aliphatic rings. The Morgan fingerprint density at radius 3 is 2.21 bits per heavy atom. The van der Waals surface area contributed by atoms with E-state index in [2.05, 4.69) is 15.9 Å². The second kappa shape index (κ2) is 5.16. The number of sulfonamides is 1. The molecule has 5 nitrogen and oxygen atoms in total. The molecule has 0 spiro atoms. The molecular formula is C11H14BrNO4S2. The topological polar surface area (TPSA) is 71.5 Å². The van der Waals surface area contributed by atoms with E-state index >= 15 is 0 Å². The van der Waals surface area contributed by atoms with Gasteiger partial charge in [-0.2, -0.15) is 4.31 Å². The highest BCUT2D eigenvalue weighted by atomic mass is 79.9. The standard InChI is InChI=1S/C11H14BrNO4S2/c1-18(14,15)11-6-7-13(8-11)19(16,17)10-4-2-9(12)3-5-10/h2-5,11H,6-8H2,1H3. The first-order chi connectivity index (χ1) is 8.71. The van der Waals surface area contributed by atoms with Gasteiger partial charge in [0, 0.05) is 23.8 Å². The van der Waals surface area contributed by atoms with Crippen molar-refractivity contribution in [2.24, 2.45) is 0 Å². The maximum Gasteiger partial charge on any atom is 0.243 e. The van der Waals surface area contributed by atoms with Crippen LogP contribution in [0.1, 0.15) is 6.42 Å². The minimum absolute atomic E-state index is 0.0389. The molecule has 0 amide bonds. The van der Waals surface area contributed by atoms with Crippen LogP contribution in [0.2, 0.25) is 0 Å². The smallest absolute Gasteiger partial charge is 0.229 e. The van der Waals surface area contributed by atoms with Crippen LogP contribution in [0.15, 0.2) is 33.6 Å². The summed E-state index contributed by atoms with van der Waals surface area (Å²) in [6.07, 6.45) is 1.50. The van der Waals surface area contributed by atoms with Gasteiger partial charge in [0.25, 0.3) is 0 Å². The Balaban J connectivity index is 2.25. The molecule has 0 bridgehead atoms. The largest absolute Gasteiger partial charge is 0.243 e. The molecule has 8 heteroatoms. The van der Waals surface area contributed by atoms with Crippen LogP contribution in [-0.2, 0) is 19.9 Å². The summed E-state index contributed by atoms with van der Waals surface area (Å²) < 4.78 is 49.6. The Morgan fingerprint density at radius 2 is 1.74 bits per heavy atom. The van der Waals surface area contributed by atoms with E-state index in [0.29, 0.717) is 6.42 Å². The summed E-state index contributed by atoms with van der Waals surface area (Å²) >= 11 is 3.24. The number of sulfone groups is 1. The third-order valence-corrected chi connectivity index (χ3v) is 7.17. The molecule has 1 fully saturated rings. The van der Waals surface area contributed by atoms with Gasteiger partial charge >= 0.3 is 0 Å². The summed E-state index contributed by atoms with van der Waals surface area (Å²) in [5, 5.41) is -0.599. The van der Waals surface area contributed by atoms with Crippen LogP contribution in [0.25, 0.3) is 0 Å². The van der Waals surface area contributed by atoms with Crippen LogP contribution >= 0.6 is 15.9 Å². The Morgan fingerprint density at radius 1 is 1.16 bits per heavy atom. The SMILES string of the molecule is CS(=O)(=O)C1CCN(S(=O)(=O)c2ccc(Br)cc2)C1. The van der Waals surface area contributed by atoms with Crippen molar-refractivity contribution in [1.82, 2.24) is 4.31 Å². The van der Waals surface area contributed by atoms with Crippen molar-refractivity contribution in [3.63, 3.8) is 0 Å². The fraction of sp³-hybridized carbons (Fsp3) is 0.455. The van der Waals surface area contributed by atoms with Crippen molar-refractivity contribution in [2.75, 3.05) is 19.3 Å². The van der Waals surface area contributed by atoms with Gasteiger partial charge in [0.05, 0.1) is 10.1 Å². The first-order valence-electron chi connectivity index (χ1n) is 5.66. The highest BCUT2D eigenvalue weighted by Crippen LogP contribution is 2.25. The quantitative estimate of drug-likeness (QED) is 0.805. The van der Waals surface area contributed by atoms with E-state index in [0.717, 1.165) is 10.7 Å². The van der Waals surface area contributed by atoms with Gasteiger partial charge in [-0.1, -0.05) is 15.9 Å². The summed E-state index contributed by atoms with van der Waals surface area (Å²) in [4.78, 5) is 0.185. The predicted octanol–water partition coefficient (Wildman–Crippen LogP) is 1.26. The van der Waals surface area contributed by atoms with Gasteiger partial charge in [-0.15, -0.1) is 0 Å². The second-order valence-corrected chi connectivity index (χ2v) is 9.74. The molecule has 1 heterocycles. The molecule has 0 aromatic heterocycles. The second-order valence-electron chi connectivity index (χ2n) is 4.56. The van der Waals surface area contributed by atoms with Gasteiger partial charge in [0.1, 0.15) is 0 Å². The lowest BCUT2D eigenvalue weighted by Gasteiger charge is -2.16. The molecule has 0 radical (unpaired) electrons. The molecule has 0 aliphatic carbocycles. The number of halogens is 1. The molecule has 1 atom stereocenters. The van der Waals surface area contributed by atoms with Gasteiger partial charge < -0.3 is 0 Å². The third kappa shape index (κ3) is 3.18. The maximum atomic E-state index is 12.3. The van der Waals surface area contributed by atoms with Crippen LogP contribution in [0.4, 0.5) is 0 Å². The van der Waals surface area contributed by atoms with E-state index in [4.69, 9.17) is 0 Å². The van der Waals surface area contributed by atoms with Crippen molar-refractivity contribution >= 4 is 35.8 Å². The Labute approximate surface area is 121 Å². The predicted molar refractivity (Wildman–Crippen MR) is 76.1 cm³/mol. The molecule has 1 aliphatic heterocycles. The zero-order valence-electron chi connectivity index (χ0n) is 10.3. The van der Waals surface area contributed by atoms with Gasteiger partial charge in [-0.05, 0) is 30.7 Å². The van der Waals surface area contributed by atoms with Crippen LogP contribution in [0.3, 0.4) is 0 Å². The van der Waals surface area contributed by atoms with E-state index in [1.165, 1.54) is 16.4 Å².